The Morgan fingerprint density at radius 1 is 1.17 bits per heavy atom. The van der Waals surface area contributed by atoms with E-state index >= 15 is 0 Å². The molecule has 0 spiro atoms. The highest BCUT2D eigenvalue weighted by Gasteiger charge is 2.14. The Bertz CT molecular complexity index is 508. The van der Waals surface area contributed by atoms with Crippen LogP contribution in [0.5, 0.6) is 0 Å². The van der Waals surface area contributed by atoms with E-state index in [0.29, 0.717) is 6.54 Å². The van der Waals surface area contributed by atoms with Gasteiger partial charge in [0.25, 0.3) is 0 Å². The molecule has 1 amide bonds. The fourth-order valence-electron chi connectivity index (χ4n) is 3.09. The molecule has 24 heavy (non-hydrogen) atoms. The number of nitrogens with zero attached hydrogens (tertiary/aromatic N) is 1. The number of nitrogens with one attached hydrogen (secondary N) is 1. The Balaban J connectivity index is 1.82. The van der Waals surface area contributed by atoms with Crippen LogP contribution in [0.15, 0.2) is 24.3 Å². The van der Waals surface area contributed by atoms with E-state index in [0.717, 1.165) is 12.1 Å². The van der Waals surface area contributed by atoms with Gasteiger partial charge in [-0.15, -0.1) is 0 Å². The number of hydrogen-bond acceptors (Lipinski definition) is 3. The summed E-state index contributed by atoms with van der Waals surface area (Å²) in [6.45, 7) is 7.74. The van der Waals surface area contributed by atoms with Crippen molar-refractivity contribution in [2.24, 2.45) is 5.92 Å². The van der Waals surface area contributed by atoms with Crippen molar-refractivity contribution in [1.29, 1.82) is 0 Å². The van der Waals surface area contributed by atoms with Crippen LogP contribution in [0.1, 0.15) is 57.1 Å². The lowest BCUT2D eigenvalue weighted by molar-refractivity contribution is -0.123. The molecule has 0 saturated carbocycles. The molecule has 134 valence electrons. The Morgan fingerprint density at radius 3 is 2.50 bits per heavy atom. The predicted molar refractivity (Wildman–Crippen MR) is 97.5 cm³/mol. The average molecular weight is 332 g/mol. The maximum atomic E-state index is 11.9. The van der Waals surface area contributed by atoms with Crippen LogP contribution < -0.4 is 5.32 Å². The summed E-state index contributed by atoms with van der Waals surface area (Å²) in [5.74, 6) is 0.0156. The number of carbonyl (C=O) groups is 1. The first-order valence-electron chi connectivity index (χ1n) is 9.29. The Hall–Kier alpha value is -1.39. The molecule has 2 rings (SSSR count). The summed E-state index contributed by atoms with van der Waals surface area (Å²) in [5.41, 5.74) is 2.43. The minimum atomic E-state index is -0.570. The zero-order valence-corrected chi connectivity index (χ0v) is 15.1. The van der Waals surface area contributed by atoms with Crippen LogP contribution in [-0.2, 0) is 17.9 Å². The van der Waals surface area contributed by atoms with Crippen molar-refractivity contribution >= 4 is 5.91 Å². The molecule has 1 heterocycles. The van der Waals surface area contributed by atoms with Crippen molar-refractivity contribution in [3.8, 4) is 0 Å². The van der Waals surface area contributed by atoms with E-state index in [4.69, 9.17) is 0 Å². The van der Waals surface area contributed by atoms with Gasteiger partial charge in [-0.2, -0.15) is 0 Å². The largest absolute Gasteiger partial charge is 0.392 e. The maximum absolute atomic E-state index is 11.9. The van der Waals surface area contributed by atoms with Crippen LogP contribution in [-0.4, -0.2) is 35.1 Å². The summed E-state index contributed by atoms with van der Waals surface area (Å²) in [6.07, 6.45) is 4.90. The molecule has 0 radical (unpaired) electrons. The minimum absolute atomic E-state index is 0.0888. The van der Waals surface area contributed by atoms with Crippen LogP contribution in [0.2, 0.25) is 0 Å². The van der Waals surface area contributed by atoms with E-state index in [1.165, 1.54) is 44.3 Å². The quantitative estimate of drug-likeness (QED) is 0.807. The molecule has 2 N–H and O–H groups in total. The second-order valence-electron chi connectivity index (χ2n) is 7.30. The van der Waals surface area contributed by atoms with Crippen molar-refractivity contribution in [3.05, 3.63) is 35.4 Å². The molecule has 1 atom stereocenters. The number of carbonyl (C=O) groups excluding carboxylic acids is 1. The Labute approximate surface area is 146 Å². The number of rotatable bonds is 7. The molecular weight excluding hydrogens is 300 g/mol. The first-order valence-corrected chi connectivity index (χ1v) is 9.29. The molecular formula is C20H32N2O2. The van der Waals surface area contributed by atoms with Crippen molar-refractivity contribution in [1.82, 2.24) is 10.2 Å². The first kappa shape index (κ1) is 18.9. The molecule has 1 aliphatic heterocycles. The third-order valence-electron chi connectivity index (χ3n) is 4.75. The molecule has 1 saturated heterocycles. The van der Waals surface area contributed by atoms with Gasteiger partial charge in [0.15, 0.2) is 0 Å². The molecule has 4 heteroatoms. The summed E-state index contributed by atoms with van der Waals surface area (Å²) >= 11 is 0. The van der Waals surface area contributed by atoms with Crippen molar-refractivity contribution in [3.63, 3.8) is 0 Å². The van der Waals surface area contributed by atoms with Gasteiger partial charge in [-0.1, -0.05) is 51.0 Å². The maximum Gasteiger partial charge on any atom is 0.222 e. The van der Waals surface area contributed by atoms with Crippen LogP contribution in [0.3, 0.4) is 0 Å². The minimum Gasteiger partial charge on any atom is -0.392 e. The van der Waals surface area contributed by atoms with Crippen LogP contribution in [0.25, 0.3) is 0 Å². The lowest BCUT2D eigenvalue weighted by atomic mass is 10.0. The molecule has 0 aliphatic carbocycles. The van der Waals surface area contributed by atoms with Crippen LogP contribution >= 0.6 is 0 Å². The van der Waals surface area contributed by atoms with Gasteiger partial charge in [-0.05, 0) is 43.0 Å². The van der Waals surface area contributed by atoms with Gasteiger partial charge >= 0.3 is 0 Å². The van der Waals surface area contributed by atoms with Crippen molar-refractivity contribution in [2.45, 2.75) is 65.1 Å². The number of likely N-dealkylation sites (tertiary alicyclic amines) is 1. The zero-order chi connectivity index (χ0) is 17.4. The highest BCUT2D eigenvalue weighted by molar-refractivity contribution is 5.76. The summed E-state index contributed by atoms with van der Waals surface area (Å²) in [5, 5.41) is 12.7. The summed E-state index contributed by atoms with van der Waals surface area (Å²) < 4.78 is 0. The van der Waals surface area contributed by atoms with Crippen molar-refractivity contribution in [2.75, 3.05) is 13.1 Å². The normalized spacial score (nSPS) is 17.5. The molecule has 1 aromatic carbocycles. The molecule has 0 bridgehead atoms. The van der Waals surface area contributed by atoms with Crippen LogP contribution in [0, 0.1) is 5.92 Å². The average Bonchev–Trinajstić information content (AvgIpc) is 2.82. The van der Waals surface area contributed by atoms with Gasteiger partial charge in [-0.3, -0.25) is 9.69 Å². The molecule has 1 aliphatic rings. The monoisotopic (exact) mass is 332 g/mol. The van der Waals surface area contributed by atoms with Gasteiger partial charge in [0, 0.05) is 13.1 Å². The zero-order valence-electron chi connectivity index (χ0n) is 15.1. The number of amides is 1. The summed E-state index contributed by atoms with van der Waals surface area (Å²) in [4.78, 5) is 14.4. The number of benzene rings is 1. The van der Waals surface area contributed by atoms with E-state index in [9.17, 15) is 9.90 Å². The lowest BCUT2D eigenvalue weighted by Crippen LogP contribution is -2.29. The van der Waals surface area contributed by atoms with Gasteiger partial charge in [0.05, 0.1) is 12.5 Å². The second-order valence-corrected chi connectivity index (χ2v) is 7.30. The lowest BCUT2D eigenvalue weighted by Gasteiger charge is -2.20. The molecule has 1 aromatic rings. The summed E-state index contributed by atoms with van der Waals surface area (Å²) in [7, 11) is 0. The van der Waals surface area contributed by atoms with Gasteiger partial charge in [-0.25, -0.2) is 0 Å². The summed E-state index contributed by atoms with van der Waals surface area (Å²) in [6, 6.07) is 8.46. The Kier molecular flexibility index (Phi) is 7.73. The van der Waals surface area contributed by atoms with Gasteiger partial charge in [0.1, 0.15) is 0 Å². The topological polar surface area (TPSA) is 52.6 Å². The third-order valence-corrected chi connectivity index (χ3v) is 4.75. The van der Waals surface area contributed by atoms with E-state index in [-0.39, 0.29) is 18.2 Å². The van der Waals surface area contributed by atoms with Crippen molar-refractivity contribution < 1.29 is 9.90 Å². The standard InChI is InChI=1S/C20H32N2O2/c1-16(2)19(23)13-20(24)21-14-17-8-7-9-18(12-17)15-22-10-5-3-4-6-11-22/h7-9,12,16,19,23H,3-6,10-11,13-15H2,1-2H3,(H,21,24). The SMILES string of the molecule is CC(C)C(O)CC(=O)NCc1cccc(CN2CCCCCC2)c1. The predicted octanol–water partition coefficient (Wildman–Crippen LogP) is 3.09. The molecule has 0 aromatic heterocycles. The smallest absolute Gasteiger partial charge is 0.222 e. The highest BCUT2D eigenvalue weighted by atomic mass is 16.3. The molecule has 1 fully saturated rings. The van der Waals surface area contributed by atoms with Gasteiger partial charge < -0.3 is 10.4 Å². The van der Waals surface area contributed by atoms with E-state index in [2.05, 4.69) is 28.4 Å². The third kappa shape index (κ3) is 6.62. The van der Waals surface area contributed by atoms with E-state index < -0.39 is 6.10 Å². The van der Waals surface area contributed by atoms with E-state index in [1.807, 2.05) is 19.9 Å². The molecule has 1 unspecified atom stereocenters. The second kappa shape index (κ2) is 9.80. The highest BCUT2D eigenvalue weighted by Crippen LogP contribution is 2.14. The Morgan fingerprint density at radius 2 is 1.83 bits per heavy atom. The van der Waals surface area contributed by atoms with Gasteiger partial charge in [0.2, 0.25) is 5.91 Å². The fraction of sp³-hybridized carbons (Fsp3) is 0.650. The number of aliphatic hydroxyl groups excluding tert-OH is 1. The van der Waals surface area contributed by atoms with Crippen LogP contribution in [0.4, 0.5) is 0 Å². The van der Waals surface area contributed by atoms with E-state index in [1.54, 1.807) is 0 Å². The number of aliphatic hydroxyl groups is 1. The first-order chi connectivity index (χ1) is 11.5. The number of hydrogen-bond donors (Lipinski definition) is 2. The fourth-order valence-corrected chi connectivity index (χ4v) is 3.09. The molecule has 4 nitrogen and oxygen atoms in total.